The maximum atomic E-state index is 12.2. The van der Waals surface area contributed by atoms with Crippen molar-refractivity contribution in [2.45, 2.75) is 225 Å². The van der Waals surface area contributed by atoms with Crippen LogP contribution in [0.2, 0.25) is 0 Å². The van der Waals surface area contributed by atoms with Crippen LogP contribution in [0.4, 0.5) is 0 Å². The van der Waals surface area contributed by atoms with E-state index in [0.29, 0.717) is 12.8 Å². The van der Waals surface area contributed by atoms with Crippen LogP contribution in [-0.2, 0) is 19.1 Å². The number of aliphatic hydroxyl groups is 1. The topological polar surface area (TPSA) is 72.8 Å². The standard InChI is InChI=1S/C43H80O5/c1-3-5-7-9-11-13-14-15-16-17-18-19-20-21-22-23-24-25-26-27-28-30-32-34-36-38-43(46)48-41(39-44)40-47-42(45)37-35-33-31-29-12-10-8-6-4-2/h14-15,17-18,41,44H,3-13,16,19-40H2,1-2H3/b15-14-,18-17-. The number of hydrogen-bond acceptors (Lipinski definition) is 5. The molecule has 0 aromatic carbocycles. The summed E-state index contributed by atoms with van der Waals surface area (Å²) in [5.74, 6) is -0.587. The second kappa shape index (κ2) is 39.8. The number of unbranched alkanes of at least 4 members (excludes halogenated alkanes) is 26. The molecule has 5 nitrogen and oxygen atoms in total. The highest BCUT2D eigenvalue weighted by molar-refractivity contribution is 5.70. The Hall–Kier alpha value is -1.62. The molecule has 1 unspecified atom stereocenters. The summed E-state index contributed by atoms with van der Waals surface area (Å²) in [5, 5.41) is 9.53. The number of allylic oxidation sites excluding steroid dienone is 4. The zero-order valence-electron chi connectivity index (χ0n) is 32.0. The SMILES string of the molecule is CCCCCCC/C=C\C/C=C\CCCCCCCCCCCCCCCC(=O)OC(CO)COC(=O)CCCCCCCCCCC. The van der Waals surface area contributed by atoms with Gasteiger partial charge in [0.1, 0.15) is 6.61 Å². The molecule has 0 aliphatic rings. The Balaban J connectivity index is 3.46. The number of carbonyl (C=O) groups is 2. The molecule has 5 heteroatoms. The maximum Gasteiger partial charge on any atom is 0.306 e. The Bertz CT molecular complexity index is 731. The minimum Gasteiger partial charge on any atom is -0.462 e. The monoisotopic (exact) mass is 677 g/mol. The molecule has 0 radical (unpaired) electrons. The minimum absolute atomic E-state index is 0.0618. The van der Waals surface area contributed by atoms with Gasteiger partial charge in [-0.15, -0.1) is 0 Å². The molecule has 0 aromatic heterocycles. The zero-order valence-corrected chi connectivity index (χ0v) is 32.0. The third kappa shape index (κ3) is 37.2. The van der Waals surface area contributed by atoms with Gasteiger partial charge in [0.05, 0.1) is 6.61 Å². The molecular formula is C43H80O5. The van der Waals surface area contributed by atoms with Crippen LogP contribution in [0.15, 0.2) is 24.3 Å². The predicted molar refractivity (Wildman–Crippen MR) is 205 cm³/mol. The van der Waals surface area contributed by atoms with Crippen LogP contribution in [0.1, 0.15) is 219 Å². The van der Waals surface area contributed by atoms with E-state index >= 15 is 0 Å². The van der Waals surface area contributed by atoms with Gasteiger partial charge in [-0.3, -0.25) is 9.59 Å². The predicted octanol–water partition coefficient (Wildman–Crippen LogP) is 13.1. The fraction of sp³-hybridized carbons (Fsp3) is 0.860. The van der Waals surface area contributed by atoms with Gasteiger partial charge >= 0.3 is 11.9 Å². The molecule has 1 atom stereocenters. The van der Waals surface area contributed by atoms with Gasteiger partial charge in [-0.2, -0.15) is 0 Å². The summed E-state index contributed by atoms with van der Waals surface area (Å²) < 4.78 is 10.6. The molecule has 0 bridgehead atoms. The van der Waals surface area contributed by atoms with E-state index in [4.69, 9.17) is 9.47 Å². The van der Waals surface area contributed by atoms with Gasteiger partial charge in [0.2, 0.25) is 0 Å². The van der Waals surface area contributed by atoms with E-state index < -0.39 is 6.10 Å². The van der Waals surface area contributed by atoms with Gasteiger partial charge in [-0.25, -0.2) is 0 Å². The van der Waals surface area contributed by atoms with Crippen LogP contribution >= 0.6 is 0 Å². The van der Waals surface area contributed by atoms with Crippen molar-refractivity contribution in [2.24, 2.45) is 0 Å². The van der Waals surface area contributed by atoms with Crippen LogP contribution in [0.25, 0.3) is 0 Å². The molecule has 0 aliphatic heterocycles. The number of ether oxygens (including phenoxy) is 2. The Labute approximate surface area is 298 Å². The van der Waals surface area contributed by atoms with Gasteiger partial charge < -0.3 is 14.6 Å². The summed E-state index contributed by atoms with van der Waals surface area (Å²) in [5.41, 5.74) is 0. The van der Waals surface area contributed by atoms with Crippen molar-refractivity contribution < 1.29 is 24.2 Å². The highest BCUT2D eigenvalue weighted by atomic mass is 16.6. The number of hydrogen-bond donors (Lipinski definition) is 1. The van der Waals surface area contributed by atoms with Gasteiger partial charge in [0.15, 0.2) is 6.10 Å². The highest BCUT2D eigenvalue weighted by Crippen LogP contribution is 2.15. The van der Waals surface area contributed by atoms with E-state index in [1.807, 2.05) is 0 Å². The van der Waals surface area contributed by atoms with Crippen molar-refractivity contribution in [3.8, 4) is 0 Å². The average Bonchev–Trinajstić information content (AvgIpc) is 3.09. The first-order valence-corrected chi connectivity index (χ1v) is 20.9. The summed E-state index contributed by atoms with van der Waals surface area (Å²) in [6.45, 7) is 4.11. The third-order valence-corrected chi connectivity index (χ3v) is 9.25. The van der Waals surface area contributed by atoms with Crippen LogP contribution in [0.3, 0.4) is 0 Å². The first kappa shape index (κ1) is 46.4. The van der Waals surface area contributed by atoms with E-state index in [-0.39, 0.29) is 25.2 Å². The van der Waals surface area contributed by atoms with Crippen molar-refractivity contribution >= 4 is 11.9 Å². The molecule has 48 heavy (non-hydrogen) atoms. The van der Waals surface area contributed by atoms with Gasteiger partial charge in [-0.1, -0.05) is 186 Å². The van der Waals surface area contributed by atoms with Gasteiger partial charge in [0.25, 0.3) is 0 Å². The molecule has 0 rings (SSSR count). The fourth-order valence-electron chi connectivity index (χ4n) is 6.06. The summed E-state index contributed by atoms with van der Waals surface area (Å²) in [6.07, 6.45) is 46.9. The number of carbonyl (C=O) groups excluding carboxylic acids is 2. The van der Waals surface area contributed by atoms with Crippen LogP contribution in [0.5, 0.6) is 0 Å². The number of rotatable bonds is 38. The molecule has 0 fully saturated rings. The zero-order chi connectivity index (χ0) is 35.0. The lowest BCUT2D eigenvalue weighted by Gasteiger charge is -2.15. The highest BCUT2D eigenvalue weighted by Gasteiger charge is 2.16. The molecule has 0 amide bonds. The van der Waals surface area contributed by atoms with E-state index in [0.717, 1.165) is 44.9 Å². The fourth-order valence-corrected chi connectivity index (χ4v) is 6.06. The molecule has 0 saturated carbocycles. The Morgan fingerprint density at radius 2 is 0.833 bits per heavy atom. The summed E-state index contributed by atoms with van der Waals surface area (Å²) in [6, 6.07) is 0. The van der Waals surface area contributed by atoms with Crippen molar-refractivity contribution in [1.82, 2.24) is 0 Å². The molecule has 0 saturated heterocycles. The number of aliphatic hydroxyl groups excluding tert-OH is 1. The Morgan fingerprint density at radius 1 is 0.479 bits per heavy atom. The van der Waals surface area contributed by atoms with Gasteiger partial charge in [0, 0.05) is 12.8 Å². The Morgan fingerprint density at radius 3 is 1.23 bits per heavy atom. The molecule has 0 aliphatic carbocycles. The summed E-state index contributed by atoms with van der Waals surface area (Å²) >= 11 is 0. The summed E-state index contributed by atoms with van der Waals surface area (Å²) in [4.78, 5) is 24.2. The molecular weight excluding hydrogens is 596 g/mol. The molecule has 0 aromatic rings. The average molecular weight is 677 g/mol. The second-order valence-corrected chi connectivity index (χ2v) is 14.1. The number of esters is 2. The molecule has 0 spiro atoms. The lowest BCUT2D eigenvalue weighted by Crippen LogP contribution is -2.28. The largest absolute Gasteiger partial charge is 0.462 e. The van der Waals surface area contributed by atoms with Crippen molar-refractivity contribution in [1.29, 1.82) is 0 Å². The summed E-state index contributed by atoms with van der Waals surface area (Å²) in [7, 11) is 0. The second-order valence-electron chi connectivity index (χ2n) is 14.1. The normalized spacial score (nSPS) is 12.3. The maximum absolute atomic E-state index is 12.2. The van der Waals surface area contributed by atoms with Crippen molar-refractivity contribution in [2.75, 3.05) is 13.2 Å². The molecule has 282 valence electrons. The van der Waals surface area contributed by atoms with E-state index in [1.54, 1.807) is 0 Å². The van der Waals surface area contributed by atoms with Crippen LogP contribution in [0, 0.1) is 0 Å². The van der Waals surface area contributed by atoms with Gasteiger partial charge in [-0.05, 0) is 44.9 Å². The van der Waals surface area contributed by atoms with E-state index in [1.165, 1.54) is 148 Å². The Kier molecular flexibility index (Phi) is 38.5. The molecule has 1 N–H and O–H groups in total. The lowest BCUT2D eigenvalue weighted by atomic mass is 10.0. The van der Waals surface area contributed by atoms with Crippen LogP contribution < -0.4 is 0 Å². The third-order valence-electron chi connectivity index (χ3n) is 9.25. The van der Waals surface area contributed by atoms with E-state index in [2.05, 4.69) is 38.2 Å². The van der Waals surface area contributed by atoms with Crippen molar-refractivity contribution in [3.05, 3.63) is 24.3 Å². The smallest absolute Gasteiger partial charge is 0.306 e. The van der Waals surface area contributed by atoms with E-state index in [9.17, 15) is 14.7 Å². The molecule has 0 heterocycles. The first-order chi connectivity index (χ1) is 23.6. The minimum atomic E-state index is -0.765. The lowest BCUT2D eigenvalue weighted by molar-refractivity contribution is -0.161. The van der Waals surface area contributed by atoms with Crippen molar-refractivity contribution in [3.63, 3.8) is 0 Å². The van der Waals surface area contributed by atoms with Crippen LogP contribution in [-0.4, -0.2) is 36.4 Å². The first-order valence-electron chi connectivity index (χ1n) is 20.9. The quantitative estimate of drug-likeness (QED) is 0.0400.